The van der Waals surface area contributed by atoms with Crippen LogP contribution in [0.1, 0.15) is 18.1 Å². The second kappa shape index (κ2) is 7.41. The maximum atomic E-state index is 11.6. The molecule has 0 fully saturated rings. The summed E-state index contributed by atoms with van der Waals surface area (Å²) in [6.07, 6.45) is -0.252. The largest absolute Gasteiger partial charge is 0.467 e. The van der Waals surface area contributed by atoms with E-state index in [1.165, 1.54) is 7.11 Å². The van der Waals surface area contributed by atoms with E-state index in [2.05, 4.69) is 10.1 Å². The van der Waals surface area contributed by atoms with Crippen molar-refractivity contribution >= 4 is 12.1 Å². The number of rotatable bonds is 5. The summed E-state index contributed by atoms with van der Waals surface area (Å²) in [5, 5.41) is 2.50. The van der Waals surface area contributed by atoms with Crippen molar-refractivity contribution in [2.24, 2.45) is 0 Å². The molecule has 0 saturated heterocycles. The van der Waals surface area contributed by atoms with Crippen molar-refractivity contribution in [2.75, 3.05) is 13.7 Å². The number of carbonyl (C=O) groups excluding carboxylic acids is 2. The number of ether oxygens (including phenoxy) is 2. The Morgan fingerprint density at radius 3 is 2.68 bits per heavy atom. The number of aryl methyl sites for hydroxylation is 1. The molecule has 1 aromatic rings. The minimum Gasteiger partial charge on any atom is -0.467 e. The Morgan fingerprint density at radius 2 is 2.11 bits per heavy atom. The Kier molecular flexibility index (Phi) is 5.85. The fourth-order valence-corrected chi connectivity index (χ4v) is 1.73. The van der Waals surface area contributed by atoms with E-state index < -0.39 is 18.1 Å². The monoisotopic (exact) mass is 265 g/mol. The number of alkyl carbamates (subject to hydrolysis) is 1. The highest BCUT2D eigenvalue weighted by atomic mass is 16.6. The topological polar surface area (TPSA) is 64.6 Å². The summed E-state index contributed by atoms with van der Waals surface area (Å²) in [5.74, 6) is -0.491. The molecule has 5 heteroatoms. The molecule has 5 nitrogen and oxygen atoms in total. The van der Waals surface area contributed by atoms with Crippen LogP contribution in [0, 0.1) is 6.92 Å². The molecule has 19 heavy (non-hydrogen) atoms. The van der Waals surface area contributed by atoms with Crippen LogP contribution in [0.3, 0.4) is 0 Å². The zero-order valence-corrected chi connectivity index (χ0v) is 11.4. The highest BCUT2D eigenvalue weighted by Gasteiger charge is 2.22. The first-order chi connectivity index (χ1) is 9.06. The number of hydrogen-bond acceptors (Lipinski definition) is 4. The second-order valence-electron chi connectivity index (χ2n) is 4.13. The van der Waals surface area contributed by atoms with Crippen LogP contribution in [-0.4, -0.2) is 31.8 Å². The van der Waals surface area contributed by atoms with Gasteiger partial charge in [0.1, 0.15) is 6.04 Å². The SMILES string of the molecule is CCOC(=O)N[C@@H](Cc1cccc(C)c1)C(=O)OC. The number of esters is 1. The lowest BCUT2D eigenvalue weighted by atomic mass is 10.0. The molecule has 0 spiro atoms. The Labute approximate surface area is 112 Å². The van der Waals surface area contributed by atoms with E-state index in [1.54, 1.807) is 6.92 Å². The van der Waals surface area contributed by atoms with E-state index >= 15 is 0 Å². The van der Waals surface area contributed by atoms with E-state index in [0.29, 0.717) is 6.42 Å². The van der Waals surface area contributed by atoms with Crippen LogP contribution in [0.4, 0.5) is 4.79 Å². The fraction of sp³-hybridized carbons (Fsp3) is 0.429. The summed E-state index contributed by atoms with van der Waals surface area (Å²) in [5.41, 5.74) is 2.05. The van der Waals surface area contributed by atoms with Crippen LogP contribution in [0.15, 0.2) is 24.3 Å². The van der Waals surface area contributed by atoms with Crippen LogP contribution in [0.25, 0.3) is 0 Å². The van der Waals surface area contributed by atoms with Crippen LogP contribution in [0.2, 0.25) is 0 Å². The van der Waals surface area contributed by atoms with Gasteiger partial charge in [0.2, 0.25) is 0 Å². The molecule has 0 bridgehead atoms. The first-order valence-electron chi connectivity index (χ1n) is 6.13. The second-order valence-corrected chi connectivity index (χ2v) is 4.13. The van der Waals surface area contributed by atoms with Gasteiger partial charge in [0.25, 0.3) is 0 Å². The normalized spacial score (nSPS) is 11.5. The van der Waals surface area contributed by atoms with Gasteiger partial charge in [0.15, 0.2) is 0 Å². The van der Waals surface area contributed by atoms with Crippen molar-refractivity contribution in [3.05, 3.63) is 35.4 Å². The van der Waals surface area contributed by atoms with Gasteiger partial charge >= 0.3 is 12.1 Å². The van der Waals surface area contributed by atoms with Crippen molar-refractivity contribution < 1.29 is 19.1 Å². The molecule has 0 aliphatic heterocycles. The Morgan fingerprint density at radius 1 is 1.37 bits per heavy atom. The summed E-state index contributed by atoms with van der Waals surface area (Å²) in [4.78, 5) is 23.0. The average molecular weight is 265 g/mol. The number of hydrogen-bond donors (Lipinski definition) is 1. The molecule has 1 amide bonds. The molecule has 1 atom stereocenters. The third-order valence-corrected chi connectivity index (χ3v) is 2.58. The van der Waals surface area contributed by atoms with Gasteiger partial charge in [-0.1, -0.05) is 29.8 Å². The molecule has 104 valence electrons. The van der Waals surface area contributed by atoms with Crippen molar-refractivity contribution in [3.63, 3.8) is 0 Å². The Balaban J connectivity index is 2.74. The first kappa shape index (κ1) is 15.0. The van der Waals surface area contributed by atoms with Gasteiger partial charge in [-0.3, -0.25) is 0 Å². The number of methoxy groups -OCH3 is 1. The number of benzene rings is 1. The summed E-state index contributed by atoms with van der Waals surface area (Å²) < 4.78 is 9.46. The van der Waals surface area contributed by atoms with Crippen LogP contribution in [0.5, 0.6) is 0 Å². The molecule has 1 aromatic carbocycles. The molecule has 1 N–H and O–H groups in total. The quantitative estimate of drug-likeness (QED) is 0.825. The molecular formula is C14H19NO4. The van der Waals surface area contributed by atoms with Crippen LogP contribution in [-0.2, 0) is 20.7 Å². The van der Waals surface area contributed by atoms with Gasteiger partial charge in [-0.25, -0.2) is 9.59 Å². The van der Waals surface area contributed by atoms with Crippen molar-refractivity contribution in [2.45, 2.75) is 26.3 Å². The maximum absolute atomic E-state index is 11.6. The van der Waals surface area contributed by atoms with Gasteiger partial charge in [-0.05, 0) is 19.4 Å². The van der Waals surface area contributed by atoms with Crippen molar-refractivity contribution in [3.8, 4) is 0 Å². The molecule has 0 saturated carbocycles. The van der Waals surface area contributed by atoms with Gasteiger partial charge in [0, 0.05) is 6.42 Å². The fourth-order valence-electron chi connectivity index (χ4n) is 1.73. The van der Waals surface area contributed by atoms with Gasteiger partial charge in [-0.15, -0.1) is 0 Å². The standard InChI is InChI=1S/C14H19NO4/c1-4-19-14(17)15-12(13(16)18-3)9-11-7-5-6-10(2)8-11/h5-8,12H,4,9H2,1-3H3,(H,15,17)/t12-/m0/s1. The summed E-state index contributed by atoms with van der Waals surface area (Å²) in [6.45, 7) is 3.92. The third-order valence-electron chi connectivity index (χ3n) is 2.58. The van der Waals surface area contributed by atoms with E-state index in [9.17, 15) is 9.59 Å². The molecule has 0 unspecified atom stereocenters. The lowest BCUT2D eigenvalue weighted by Gasteiger charge is -2.16. The van der Waals surface area contributed by atoms with Gasteiger partial charge in [0.05, 0.1) is 13.7 Å². The van der Waals surface area contributed by atoms with E-state index in [-0.39, 0.29) is 6.61 Å². The minimum absolute atomic E-state index is 0.254. The van der Waals surface area contributed by atoms with Gasteiger partial charge in [-0.2, -0.15) is 0 Å². The first-order valence-corrected chi connectivity index (χ1v) is 6.13. The molecule has 0 heterocycles. The predicted octanol–water partition coefficient (Wildman–Crippen LogP) is 1.83. The Hall–Kier alpha value is -2.04. The molecule has 0 aliphatic carbocycles. The van der Waals surface area contributed by atoms with Crippen LogP contribution < -0.4 is 5.32 Å². The highest BCUT2D eigenvalue weighted by Crippen LogP contribution is 2.08. The zero-order valence-electron chi connectivity index (χ0n) is 11.4. The lowest BCUT2D eigenvalue weighted by Crippen LogP contribution is -2.43. The minimum atomic E-state index is -0.745. The Bertz CT molecular complexity index is 445. The predicted molar refractivity (Wildman–Crippen MR) is 70.8 cm³/mol. The highest BCUT2D eigenvalue weighted by molar-refractivity contribution is 5.81. The number of nitrogens with one attached hydrogen (secondary N) is 1. The molecule has 0 radical (unpaired) electrons. The van der Waals surface area contributed by atoms with E-state index in [0.717, 1.165) is 11.1 Å². The van der Waals surface area contributed by atoms with Crippen molar-refractivity contribution in [1.29, 1.82) is 0 Å². The lowest BCUT2D eigenvalue weighted by molar-refractivity contribution is -0.142. The third kappa shape index (κ3) is 4.99. The van der Waals surface area contributed by atoms with Crippen molar-refractivity contribution in [1.82, 2.24) is 5.32 Å². The molecule has 0 aromatic heterocycles. The molecule has 1 rings (SSSR count). The number of amides is 1. The summed E-state index contributed by atoms with van der Waals surface area (Å²) >= 11 is 0. The maximum Gasteiger partial charge on any atom is 0.407 e. The van der Waals surface area contributed by atoms with E-state index in [4.69, 9.17) is 4.74 Å². The summed E-state index contributed by atoms with van der Waals surface area (Å²) in [6, 6.07) is 6.99. The number of carbonyl (C=O) groups is 2. The smallest absolute Gasteiger partial charge is 0.407 e. The van der Waals surface area contributed by atoms with Crippen LogP contribution >= 0.6 is 0 Å². The molecule has 0 aliphatic rings. The van der Waals surface area contributed by atoms with Gasteiger partial charge < -0.3 is 14.8 Å². The van der Waals surface area contributed by atoms with E-state index in [1.807, 2.05) is 31.2 Å². The average Bonchev–Trinajstić information content (AvgIpc) is 2.37. The summed E-state index contributed by atoms with van der Waals surface area (Å²) in [7, 11) is 1.29. The molecular weight excluding hydrogens is 246 g/mol. The zero-order chi connectivity index (χ0) is 14.3.